The number of nitrogens with zero attached hydrogens (tertiary/aromatic N) is 3. The molecule has 0 saturated heterocycles. The number of rotatable bonds is 3. The Kier molecular flexibility index (Phi) is 3.15. The first-order valence-electron chi connectivity index (χ1n) is 5.14. The number of pyridine rings is 2. The first kappa shape index (κ1) is 12.3. The van der Waals surface area contributed by atoms with Crippen LogP contribution in [0.25, 0.3) is 0 Å². The molecule has 2 aromatic heterocycles. The van der Waals surface area contributed by atoms with Crippen molar-refractivity contribution in [1.29, 1.82) is 0 Å². The smallest absolute Gasteiger partial charge is 0.268 e. The molecule has 0 amide bonds. The van der Waals surface area contributed by atoms with Crippen molar-refractivity contribution in [3.63, 3.8) is 0 Å². The van der Waals surface area contributed by atoms with Crippen molar-refractivity contribution in [2.24, 2.45) is 0 Å². The zero-order chi connectivity index (χ0) is 13.2. The van der Waals surface area contributed by atoms with E-state index < -0.39 is 10.0 Å². The predicted molar refractivity (Wildman–Crippen MR) is 68.5 cm³/mol. The Labute approximate surface area is 105 Å². The second-order valence-electron chi connectivity index (χ2n) is 3.55. The Balaban J connectivity index is 2.48. The van der Waals surface area contributed by atoms with Crippen LogP contribution in [0, 0.1) is 0 Å². The summed E-state index contributed by atoms with van der Waals surface area (Å²) in [5.41, 5.74) is 5.59. The molecular formula is C11H12N4O2S. The van der Waals surface area contributed by atoms with Gasteiger partial charge in [-0.25, -0.2) is 18.4 Å². The van der Waals surface area contributed by atoms with Crippen LogP contribution in [0.15, 0.2) is 47.6 Å². The Morgan fingerprint density at radius 2 is 1.83 bits per heavy atom. The lowest BCUT2D eigenvalue weighted by atomic mass is 10.5. The van der Waals surface area contributed by atoms with Crippen LogP contribution in [0.4, 0.5) is 11.6 Å². The molecule has 0 bridgehead atoms. The molecule has 18 heavy (non-hydrogen) atoms. The lowest BCUT2D eigenvalue weighted by molar-refractivity contribution is 0.594. The second kappa shape index (κ2) is 4.61. The van der Waals surface area contributed by atoms with Crippen LogP contribution in [0.1, 0.15) is 0 Å². The summed E-state index contributed by atoms with van der Waals surface area (Å²) in [4.78, 5) is 7.73. The molecule has 6 nitrogen and oxygen atoms in total. The molecule has 0 fully saturated rings. The summed E-state index contributed by atoms with van der Waals surface area (Å²) < 4.78 is 25.7. The lowest BCUT2D eigenvalue weighted by Gasteiger charge is -2.18. The molecule has 2 N–H and O–H groups in total. The summed E-state index contributed by atoms with van der Waals surface area (Å²) in [5.74, 6) is 0.293. The van der Waals surface area contributed by atoms with Gasteiger partial charge in [0.25, 0.3) is 10.0 Å². The van der Waals surface area contributed by atoms with Crippen LogP contribution in [-0.2, 0) is 10.0 Å². The van der Waals surface area contributed by atoms with E-state index in [1.165, 1.54) is 31.6 Å². The molecule has 2 rings (SSSR count). The Bertz CT molecular complexity index is 643. The fraction of sp³-hybridized carbons (Fsp3) is 0.0909. The third-order valence-electron chi connectivity index (χ3n) is 2.41. The molecule has 0 aromatic carbocycles. The zero-order valence-corrected chi connectivity index (χ0v) is 10.5. The minimum atomic E-state index is -3.74. The number of nitrogens with two attached hydrogens (primary N) is 1. The quantitative estimate of drug-likeness (QED) is 0.889. The first-order chi connectivity index (χ1) is 8.53. The van der Waals surface area contributed by atoms with Gasteiger partial charge < -0.3 is 5.73 Å². The molecule has 2 aromatic rings. The van der Waals surface area contributed by atoms with E-state index in [0.29, 0.717) is 5.82 Å². The summed E-state index contributed by atoms with van der Waals surface area (Å²) in [6, 6.07) is 7.96. The molecule has 0 aliphatic heterocycles. The van der Waals surface area contributed by atoms with Gasteiger partial charge in [0.2, 0.25) is 0 Å². The number of sulfonamides is 1. The Morgan fingerprint density at radius 1 is 1.11 bits per heavy atom. The number of aromatic nitrogens is 2. The summed E-state index contributed by atoms with van der Waals surface area (Å²) in [6.45, 7) is 0. The number of hydrogen-bond acceptors (Lipinski definition) is 5. The highest BCUT2D eigenvalue weighted by Crippen LogP contribution is 2.22. The van der Waals surface area contributed by atoms with Crippen LogP contribution in [0.3, 0.4) is 0 Å². The second-order valence-corrected chi connectivity index (χ2v) is 5.48. The predicted octanol–water partition coefficient (Wildman–Crippen LogP) is 0.884. The molecule has 94 valence electrons. The van der Waals surface area contributed by atoms with Crippen molar-refractivity contribution >= 4 is 21.7 Å². The van der Waals surface area contributed by atoms with Gasteiger partial charge in [0.05, 0.1) is 0 Å². The summed E-state index contributed by atoms with van der Waals surface area (Å²) in [7, 11) is -2.32. The Hall–Kier alpha value is -2.15. The van der Waals surface area contributed by atoms with Crippen molar-refractivity contribution in [1.82, 2.24) is 9.97 Å². The topological polar surface area (TPSA) is 89.2 Å². The van der Waals surface area contributed by atoms with Crippen molar-refractivity contribution in [3.8, 4) is 0 Å². The minimum absolute atomic E-state index is 0.0275. The van der Waals surface area contributed by atoms with Crippen LogP contribution >= 0.6 is 0 Å². The van der Waals surface area contributed by atoms with Crippen molar-refractivity contribution < 1.29 is 8.42 Å². The third kappa shape index (κ3) is 2.12. The van der Waals surface area contributed by atoms with Crippen LogP contribution < -0.4 is 10.0 Å². The van der Waals surface area contributed by atoms with E-state index in [2.05, 4.69) is 9.97 Å². The van der Waals surface area contributed by atoms with Crippen molar-refractivity contribution in [2.75, 3.05) is 17.1 Å². The minimum Gasteiger partial charge on any atom is -0.383 e. The summed E-state index contributed by atoms with van der Waals surface area (Å²) >= 11 is 0. The van der Waals surface area contributed by atoms with Crippen LogP contribution in [0.2, 0.25) is 0 Å². The molecule has 0 unspecified atom stereocenters. The van der Waals surface area contributed by atoms with Crippen LogP contribution in [-0.4, -0.2) is 25.4 Å². The van der Waals surface area contributed by atoms with E-state index >= 15 is 0 Å². The Morgan fingerprint density at radius 3 is 2.44 bits per heavy atom. The largest absolute Gasteiger partial charge is 0.383 e. The van der Waals surface area contributed by atoms with Gasteiger partial charge in [-0.1, -0.05) is 6.07 Å². The van der Waals surface area contributed by atoms with Gasteiger partial charge >= 0.3 is 0 Å². The SMILES string of the molecule is CN(c1ccccn1)S(=O)(=O)c1cccnc1N. The molecule has 0 aliphatic carbocycles. The first-order valence-corrected chi connectivity index (χ1v) is 6.58. The average Bonchev–Trinajstić information content (AvgIpc) is 2.39. The lowest BCUT2D eigenvalue weighted by Crippen LogP contribution is -2.28. The number of hydrogen-bond donors (Lipinski definition) is 1. The number of nitrogen functional groups attached to an aromatic ring is 1. The maximum absolute atomic E-state index is 12.3. The van der Waals surface area contributed by atoms with Gasteiger partial charge in [-0.15, -0.1) is 0 Å². The molecule has 0 atom stereocenters. The molecular weight excluding hydrogens is 252 g/mol. The zero-order valence-electron chi connectivity index (χ0n) is 9.69. The highest BCUT2D eigenvalue weighted by Gasteiger charge is 2.24. The monoisotopic (exact) mass is 264 g/mol. The summed E-state index contributed by atoms with van der Waals surface area (Å²) in [6.07, 6.45) is 2.96. The van der Waals surface area contributed by atoms with E-state index in [1.807, 2.05) is 0 Å². The van der Waals surface area contributed by atoms with Gasteiger partial charge in [-0.3, -0.25) is 4.31 Å². The molecule has 0 saturated carbocycles. The van der Waals surface area contributed by atoms with Crippen molar-refractivity contribution in [2.45, 2.75) is 4.90 Å². The van der Waals surface area contributed by atoms with E-state index in [-0.39, 0.29) is 10.7 Å². The van der Waals surface area contributed by atoms with E-state index in [9.17, 15) is 8.42 Å². The van der Waals surface area contributed by atoms with E-state index in [4.69, 9.17) is 5.73 Å². The molecule has 7 heteroatoms. The third-order valence-corrected chi connectivity index (χ3v) is 4.22. The van der Waals surface area contributed by atoms with Gasteiger partial charge in [0.15, 0.2) is 0 Å². The molecule has 2 heterocycles. The normalized spacial score (nSPS) is 11.2. The van der Waals surface area contributed by atoms with Gasteiger partial charge in [0.1, 0.15) is 16.5 Å². The highest BCUT2D eigenvalue weighted by atomic mass is 32.2. The van der Waals surface area contributed by atoms with E-state index in [1.54, 1.807) is 18.2 Å². The van der Waals surface area contributed by atoms with Gasteiger partial charge in [-0.2, -0.15) is 0 Å². The van der Waals surface area contributed by atoms with Crippen LogP contribution in [0.5, 0.6) is 0 Å². The maximum atomic E-state index is 12.3. The van der Waals surface area contributed by atoms with Gasteiger partial charge in [-0.05, 0) is 24.3 Å². The van der Waals surface area contributed by atoms with E-state index in [0.717, 1.165) is 4.31 Å². The number of anilines is 2. The molecule has 0 radical (unpaired) electrons. The standard InChI is InChI=1S/C11H12N4O2S/c1-15(10-6-2-3-7-13-10)18(16,17)9-5-4-8-14-11(9)12/h2-8H,1H3,(H2,12,14). The highest BCUT2D eigenvalue weighted by molar-refractivity contribution is 7.93. The fourth-order valence-electron chi connectivity index (χ4n) is 1.43. The molecule has 0 aliphatic rings. The summed E-state index contributed by atoms with van der Waals surface area (Å²) in [5, 5.41) is 0. The fourth-order valence-corrected chi connectivity index (χ4v) is 2.65. The van der Waals surface area contributed by atoms with Crippen molar-refractivity contribution in [3.05, 3.63) is 42.7 Å². The molecule has 0 spiro atoms. The average molecular weight is 264 g/mol. The van der Waals surface area contributed by atoms with Gasteiger partial charge in [0, 0.05) is 19.4 Å². The maximum Gasteiger partial charge on any atom is 0.268 e.